The Balaban J connectivity index is 1.55. The van der Waals surface area contributed by atoms with Crippen molar-refractivity contribution in [3.63, 3.8) is 0 Å². The number of thioether (sulfide) groups is 2. The molecule has 0 N–H and O–H groups in total. The summed E-state index contributed by atoms with van der Waals surface area (Å²) in [7, 11) is 2.01. The van der Waals surface area contributed by atoms with Gasteiger partial charge in [-0.25, -0.2) is 4.99 Å². The molecule has 0 radical (unpaired) electrons. The molecule has 4 nitrogen and oxygen atoms in total. The number of fused-ring (bicyclic) bond motifs is 1. The summed E-state index contributed by atoms with van der Waals surface area (Å²) in [6.45, 7) is 2.07. The van der Waals surface area contributed by atoms with Crippen LogP contribution in [-0.4, -0.2) is 29.1 Å². The molecule has 31 heavy (non-hydrogen) atoms. The molecule has 1 saturated heterocycles. The first-order valence-electron chi connectivity index (χ1n) is 10.6. The number of anilines is 1. The van der Waals surface area contributed by atoms with Gasteiger partial charge in [-0.3, -0.25) is 9.69 Å². The van der Waals surface area contributed by atoms with Gasteiger partial charge in [0.15, 0.2) is 5.17 Å². The number of benzene rings is 2. The van der Waals surface area contributed by atoms with Crippen LogP contribution in [0, 0.1) is 6.92 Å². The van der Waals surface area contributed by atoms with Gasteiger partial charge >= 0.3 is 0 Å². The summed E-state index contributed by atoms with van der Waals surface area (Å²) < 4.78 is 0. The SMILES string of the molecule is Cc1ccc(N=C2SC(=C3Sc4ccc(Cl)cc4N3C)C(=O)N2C2CCCCC2)cc1. The molecule has 7 heteroatoms. The van der Waals surface area contributed by atoms with E-state index in [0.29, 0.717) is 5.02 Å². The predicted molar refractivity (Wildman–Crippen MR) is 132 cm³/mol. The van der Waals surface area contributed by atoms with Gasteiger partial charge in [0.2, 0.25) is 0 Å². The third-order valence-corrected chi connectivity index (χ3v) is 8.64. The van der Waals surface area contributed by atoms with Crippen molar-refractivity contribution in [2.24, 2.45) is 4.99 Å². The lowest BCUT2D eigenvalue weighted by Crippen LogP contribution is -2.40. The normalized spacial score (nSPS) is 23.2. The van der Waals surface area contributed by atoms with Crippen molar-refractivity contribution in [3.05, 3.63) is 63.0 Å². The molecule has 1 amide bonds. The van der Waals surface area contributed by atoms with Crippen molar-refractivity contribution in [1.82, 2.24) is 4.90 Å². The first-order valence-corrected chi connectivity index (χ1v) is 12.6. The van der Waals surface area contributed by atoms with E-state index in [-0.39, 0.29) is 11.9 Å². The highest BCUT2D eigenvalue weighted by Gasteiger charge is 2.42. The highest BCUT2D eigenvalue weighted by Crippen LogP contribution is 2.51. The minimum Gasteiger partial charge on any atom is -0.337 e. The first-order chi connectivity index (χ1) is 15.0. The Morgan fingerprint density at radius 2 is 1.77 bits per heavy atom. The van der Waals surface area contributed by atoms with E-state index >= 15 is 0 Å². The van der Waals surface area contributed by atoms with E-state index in [0.717, 1.165) is 44.2 Å². The van der Waals surface area contributed by atoms with Gasteiger partial charge in [0.05, 0.1) is 16.4 Å². The minimum absolute atomic E-state index is 0.0796. The summed E-state index contributed by atoms with van der Waals surface area (Å²) in [6.07, 6.45) is 5.67. The molecule has 0 unspecified atom stereocenters. The fourth-order valence-electron chi connectivity index (χ4n) is 4.30. The van der Waals surface area contributed by atoms with Gasteiger partial charge in [0, 0.05) is 23.0 Å². The molecule has 3 aliphatic rings. The van der Waals surface area contributed by atoms with Gasteiger partial charge in [0.25, 0.3) is 5.91 Å². The Morgan fingerprint density at radius 3 is 2.52 bits per heavy atom. The van der Waals surface area contributed by atoms with Crippen LogP contribution < -0.4 is 4.90 Å². The molecule has 160 valence electrons. The van der Waals surface area contributed by atoms with Gasteiger partial charge in [-0.05, 0) is 61.9 Å². The number of carbonyl (C=O) groups is 1. The molecule has 5 rings (SSSR count). The third-order valence-electron chi connectivity index (χ3n) is 6.00. The molecule has 2 aliphatic heterocycles. The number of nitrogens with zero attached hydrogens (tertiary/aromatic N) is 3. The zero-order chi connectivity index (χ0) is 21.5. The molecule has 2 heterocycles. The Labute approximate surface area is 196 Å². The topological polar surface area (TPSA) is 35.9 Å². The minimum atomic E-state index is 0.0796. The van der Waals surface area contributed by atoms with E-state index in [1.54, 1.807) is 11.8 Å². The Bertz CT molecular complexity index is 1090. The highest BCUT2D eigenvalue weighted by molar-refractivity contribution is 8.19. The number of aryl methyl sites for hydroxylation is 1. The maximum atomic E-state index is 13.7. The summed E-state index contributed by atoms with van der Waals surface area (Å²) in [5, 5.41) is 2.46. The van der Waals surface area contributed by atoms with Crippen LogP contribution >= 0.6 is 35.1 Å². The van der Waals surface area contributed by atoms with Gasteiger partial charge < -0.3 is 4.90 Å². The second-order valence-electron chi connectivity index (χ2n) is 8.21. The van der Waals surface area contributed by atoms with Gasteiger partial charge in [-0.1, -0.05) is 60.3 Å². The smallest absolute Gasteiger partial charge is 0.269 e. The van der Waals surface area contributed by atoms with Crippen molar-refractivity contribution in [2.45, 2.75) is 50.0 Å². The Morgan fingerprint density at radius 1 is 1.03 bits per heavy atom. The number of amides is 1. The zero-order valence-electron chi connectivity index (χ0n) is 17.6. The second kappa shape index (κ2) is 8.57. The molecule has 2 fully saturated rings. The molecule has 2 aromatic carbocycles. The number of rotatable bonds is 2. The number of hydrogen-bond donors (Lipinski definition) is 0. The summed E-state index contributed by atoms with van der Waals surface area (Å²) in [4.78, 5) is 24.6. The van der Waals surface area contributed by atoms with Crippen LogP contribution in [0.5, 0.6) is 0 Å². The van der Waals surface area contributed by atoms with E-state index in [1.807, 2.05) is 42.3 Å². The van der Waals surface area contributed by atoms with Gasteiger partial charge in [0.1, 0.15) is 4.91 Å². The maximum absolute atomic E-state index is 13.7. The summed E-state index contributed by atoms with van der Waals surface area (Å²) >= 11 is 9.36. The van der Waals surface area contributed by atoms with Gasteiger partial charge in [-0.2, -0.15) is 0 Å². The number of aliphatic imine (C=N–C) groups is 1. The number of amidine groups is 1. The van der Waals surface area contributed by atoms with Crippen molar-refractivity contribution in [1.29, 1.82) is 0 Å². The Hall–Kier alpha value is -1.89. The molecule has 2 aromatic rings. The van der Waals surface area contributed by atoms with Crippen LogP contribution in [0.2, 0.25) is 5.02 Å². The van der Waals surface area contributed by atoms with E-state index in [4.69, 9.17) is 16.6 Å². The van der Waals surface area contributed by atoms with Crippen molar-refractivity contribution in [2.75, 3.05) is 11.9 Å². The summed E-state index contributed by atoms with van der Waals surface area (Å²) in [5.74, 6) is 0.0796. The van der Waals surface area contributed by atoms with Crippen LogP contribution in [0.3, 0.4) is 0 Å². The Kier molecular flexibility index (Phi) is 5.80. The number of hydrogen-bond acceptors (Lipinski definition) is 5. The van der Waals surface area contributed by atoms with Crippen LogP contribution in [0.4, 0.5) is 11.4 Å². The van der Waals surface area contributed by atoms with Crippen LogP contribution in [0.1, 0.15) is 37.7 Å². The van der Waals surface area contributed by atoms with E-state index in [9.17, 15) is 4.79 Å². The van der Waals surface area contributed by atoms with Crippen molar-refractivity contribution < 1.29 is 4.79 Å². The monoisotopic (exact) mass is 469 g/mol. The van der Waals surface area contributed by atoms with E-state index in [1.165, 1.54) is 36.6 Å². The van der Waals surface area contributed by atoms with Gasteiger partial charge in [-0.15, -0.1) is 0 Å². The molecule has 0 aromatic heterocycles. The molecule has 0 spiro atoms. The number of carbonyl (C=O) groups excluding carboxylic acids is 1. The lowest BCUT2D eigenvalue weighted by Gasteiger charge is -2.30. The van der Waals surface area contributed by atoms with Crippen LogP contribution in [-0.2, 0) is 4.79 Å². The fraction of sp³-hybridized carbons (Fsp3) is 0.333. The van der Waals surface area contributed by atoms with E-state index < -0.39 is 0 Å². The molecule has 0 bridgehead atoms. The largest absolute Gasteiger partial charge is 0.337 e. The zero-order valence-corrected chi connectivity index (χ0v) is 20.0. The maximum Gasteiger partial charge on any atom is 0.269 e. The predicted octanol–water partition coefficient (Wildman–Crippen LogP) is 6.96. The summed E-state index contributed by atoms with van der Waals surface area (Å²) in [6, 6.07) is 14.3. The lowest BCUT2D eigenvalue weighted by molar-refractivity contribution is -0.124. The lowest BCUT2D eigenvalue weighted by atomic mass is 9.94. The van der Waals surface area contributed by atoms with Crippen LogP contribution in [0.15, 0.2) is 62.3 Å². The average molecular weight is 470 g/mol. The van der Waals surface area contributed by atoms with Crippen molar-refractivity contribution >= 4 is 57.6 Å². The van der Waals surface area contributed by atoms with Crippen LogP contribution in [0.25, 0.3) is 0 Å². The number of halogens is 1. The van der Waals surface area contributed by atoms with E-state index in [2.05, 4.69) is 24.0 Å². The first kappa shape index (κ1) is 21.0. The molecule has 1 aliphatic carbocycles. The van der Waals surface area contributed by atoms with Crippen molar-refractivity contribution in [3.8, 4) is 0 Å². The standard InChI is InChI=1S/C24H24ClN3OS2/c1-15-8-11-17(12-9-15)26-24-28(18-6-4-3-5-7-18)22(29)21(31-24)23-27(2)19-14-16(25)10-13-20(19)30-23/h8-14,18H,3-7H2,1-2H3. The molecule has 1 saturated carbocycles. The third kappa shape index (κ3) is 4.01. The fourth-order valence-corrected chi connectivity index (χ4v) is 6.85. The molecular weight excluding hydrogens is 446 g/mol. The quantitative estimate of drug-likeness (QED) is 0.445. The average Bonchev–Trinajstić information content (AvgIpc) is 3.26. The molecule has 0 atom stereocenters. The highest BCUT2D eigenvalue weighted by atomic mass is 35.5. The second-order valence-corrected chi connectivity index (χ2v) is 10.7. The molecular formula is C24H24ClN3OS2. The summed E-state index contributed by atoms with van der Waals surface area (Å²) in [5.41, 5.74) is 3.13.